The van der Waals surface area contributed by atoms with Crippen LogP contribution >= 0.6 is 0 Å². The molecule has 0 aliphatic carbocycles. The van der Waals surface area contributed by atoms with Gasteiger partial charge in [-0.2, -0.15) is 0 Å². The summed E-state index contributed by atoms with van der Waals surface area (Å²) in [4.78, 5) is 52.3. The average molecular weight is 533 g/mol. The van der Waals surface area contributed by atoms with Crippen LogP contribution in [0.2, 0.25) is 0 Å². The van der Waals surface area contributed by atoms with Gasteiger partial charge in [0.25, 0.3) is 5.69 Å². The number of ether oxygens (including phenoxy) is 1. The quantitative estimate of drug-likeness (QED) is 0.200. The lowest BCUT2D eigenvalue weighted by Crippen LogP contribution is -2.57. The molecular formula is C27H23N3O9. The number of rotatable bonds is 7. The predicted octanol–water partition coefficient (Wildman–Crippen LogP) is 2.53. The molecule has 200 valence electrons. The highest BCUT2D eigenvalue weighted by molar-refractivity contribution is 6.24. The smallest absolute Gasteiger partial charge is 0.325 e. The fourth-order valence-corrected chi connectivity index (χ4v) is 5.55. The van der Waals surface area contributed by atoms with E-state index in [0.717, 1.165) is 11.0 Å². The number of non-ortho nitro benzene ring substituents is 1. The molecular weight excluding hydrogens is 510 g/mol. The van der Waals surface area contributed by atoms with Gasteiger partial charge in [0.2, 0.25) is 11.8 Å². The summed E-state index contributed by atoms with van der Waals surface area (Å²) in [5.41, 5.74) is -1.45. The van der Waals surface area contributed by atoms with Crippen molar-refractivity contribution in [3.8, 4) is 17.2 Å². The summed E-state index contributed by atoms with van der Waals surface area (Å²) in [7, 11) is 1.34. The second-order valence-electron chi connectivity index (χ2n) is 9.47. The lowest BCUT2D eigenvalue weighted by Gasteiger charge is -2.31. The lowest BCUT2D eigenvalue weighted by molar-refractivity contribution is -0.384. The number of fused-ring (bicyclic) bond motifs is 1. The van der Waals surface area contributed by atoms with Gasteiger partial charge in [0.05, 0.1) is 29.6 Å². The number of methoxy groups -OCH3 is 1. The summed E-state index contributed by atoms with van der Waals surface area (Å²) in [6.45, 7) is 0. The maximum absolute atomic E-state index is 13.9. The topological polar surface area (TPSA) is 180 Å². The van der Waals surface area contributed by atoms with Crippen molar-refractivity contribution in [1.82, 2.24) is 5.32 Å². The molecule has 12 nitrogen and oxygen atoms in total. The molecule has 0 radical (unpaired) electrons. The Morgan fingerprint density at radius 3 is 2.44 bits per heavy atom. The number of phenolic OH excluding ortho intramolecular Hbond substituents is 2. The van der Waals surface area contributed by atoms with E-state index in [1.54, 1.807) is 0 Å². The zero-order valence-corrected chi connectivity index (χ0v) is 20.5. The summed E-state index contributed by atoms with van der Waals surface area (Å²) < 4.78 is 5.19. The molecule has 12 heteroatoms. The molecule has 39 heavy (non-hydrogen) atoms. The first-order valence-corrected chi connectivity index (χ1v) is 11.9. The Kier molecular flexibility index (Phi) is 6.19. The van der Waals surface area contributed by atoms with E-state index in [9.17, 15) is 39.8 Å². The first-order chi connectivity index (χ1) is 18.6. The molecule has 2 aliphatic rings. The summed E-state index contributed by atoms with van der Waals surface area (Å²) >= 11 is 0. The fourth-order valence-electron chi connectivity index (χ4n) is 5.55. The molecule has 4 unspecified atom stereocenters. The Bertz CT molecular complexity index is 1510. The summed E-state index contributed by atoms with van der Waals surface area (Å²) in [5, 5.41) is 44.7. The minimum atomic E-state index is -1.96. The number of nitro groups is 1. The third-order valence-electron chi connectivity index (χ3n) is 7.32. The van der Waals surface area contributed by atoms with E-state index in [2.05, 4.69) is 5.32 Å². The second-order valence-corrected chi connectivity index (χ2v) is 9.47. The summed E-state index contributed by atoms with van der Waals surface area (Å²) in [6.07, 6.45) is -0.211. The van der Waals surface area contributed by atoms with E-state index >= 15 is 0 Å². The number of carboxylic acids is 1. The number of aliphatic carboxylic acids is 1. The van der Waals surface area contributed by atoms with Crippen LogP contribution in [0.25, 0.3) is 0 Å². The predicted molar refractivity (Wildman–Crippen MR) is 135 cm³/mol. The van der Waals surface area contributed by atoms with Crippen LogP contribution in [0.3, 0.4) is 0 Å². The van der Waals surface area contributed by atoms with Crippen LogP contribution < -0.4 is 15.0 Å². The minimum Gasteiger partial charge on any atom is -0.508 e. The van der Waals surface area contributed by atoms with E-state index in [1.165, 1.54) is 67.8 Å². The van der Waals surface area contributed by atoms with Crippen LogP contribution in [0.15, 0.2) is 66.7 Å². The van der Waals surface area contributed by atoms with E-state index in [-0.39, 0.29) is 35.0 Å². The number of aromatic hydroxyl groups is 2. The number of phenols is 2. The molecule has 2 heterocycles. The Morgan fingerprint density at radius 1 is 1.08 bits per heavy atom. The monoisotopic (exact) mass is 533 g/mol. The van der Waals surface area contributed by atoms with Crippen LogP contribution in [0.5, 0.6) is 17.2 Å². The second kappa shape index (κ2) is 9.40. The third kappa shape index (κ3) is 4.10. The molecule has 0 spiro atoms. The molecule has 2 fully saturated rings. The van der Waals surface area contributed by atoms with Crippen molar-refractivity contribution >= 4 is 29.2 Å². The van der Waals surface area contributed by atoms with Crippen LogP contribution in [-0.2, 0) is 20.8 Å². The van der Waals surface area contributed by atoms with Crippen molar-refractivity contribution < 1.29 is 39.4 Å². The number of amides is 2. The van der Waals surface area contributed by atoms with Gasteiger partial charge >= 0.3 is 5.97 Å². The number of nitrogens with one attached hydrogen (secondary N) is 1. The maximum Gasteiger partial charge on any atom is 0.325 e. The Labute approximate surface area is 221 Å². The minimum absolute atomic E-state index is 0.0292. The lowest BCUT2D eigenvalue weighted by atomic mass is 9.76. The van der Waals surface area contributed by atoms with Gasteiger partial charge in [-0.25, -0.2) is 4.90 Å². The van der Waals surface area contributed by atoms with Crippen LogP contribution in [0.1, 0.15) is 17.2 Å². The Morgan fingerprint density at radius 2 is 1.79 bits per heavy atom. The zero-order chi connectivity index (χ0) is 28.1. The van der Waals surface area contributed by atoms with Gasteiger partial charge in [0, 0.05) is 24.6 Å². The van der Waals surface area contributed by atoms with Crippen molar-refractivity contribution in [3.05, 3.63) is 88.0 Å². The molecule has 0 saturated carbocycles. The van der Waals surface area contributed by atoms with Crippen LogP contribution in [-0.4, -0.2) is 50.7 Å². The Hall–Kier alpha value is -4.97. The van der Waals surface area contributed by atoms with Gasteiger partial charge in [-0.05, 0) is 41.5 Å². The molecule has 0 aromatic heterocycles. The molecule has 3 aromatic rings. The maximum atomic E-state index is 13.9. The zero-order valence-electron chi connectivity index (χ0n) is 20.5. The fraction of sp³-hybridized carbons (Fsp3) is 0.222. The van der Waals surface area contributed by atoms with Crippen molar-refractivity contribution in [2.24, 2.45) is 11.8 Å². The third-order valence-corrected chi connectivity index (χ3v) is 7.32. The van der Waals surface area contributed by atoms with E-state index in [4.69, 9.17) is 4.74 Å². The number of hydrogen-bond donors (Lipinski definition) is 4. The standard InChI is InChI=1S/C27H23N3O9/c1-39-20-11-15(7-10-19(20)32)23-21-22(27(28-23,26(35)36)13-14-5-8-18(31)9-6-14)25(34)29(24(21)33)16-3-2-4-17(12-16)30(37)38/h2-12,21-23,28,31-32H,13H2,1H3,(H,35,36). The van der Waals surface area contributed by atoms with Crippen molar-refractivity contribution in [1.29, 1.82) is 0 Å². The molecule has 0 bridgehead atoms. The number of benzene rings is 3. The SMILES string of the molecule is COc1cc(C2NC(Cc3ccc(O)cc3)(C(=O)O)C3C(=O)N(c4cccc([N+](=O)[O-])c4)C(=O)C23)ccc1O. The van der Waals surface area contributed by atoms with Gasteiger partial charge < -0.3 is 20.1 Å². The number of carboxylic acid groups (broad SMARTS) is 1. The Balaban J connectivity index is 1.67. The van der Waals surface area contributed by atoms with Gasteiger partial charge in [-0.3, -0.25) is 29.8 Å². The highest BCUT2D eigenvalue weighted by atomic mass is 16.6. The van der Waals surface area contributed by atoms with Crippen molar-refractivity contribution in [2.45, 2.75) is 18.0 Å². The van der Waals surface area contributed by atoms with Gasteiger partial charge in [0.15, 0.2) is 11.5 Å². The molecule has 5 rings (SSSR count). The van der Waals surface area contributed by atoms with Gasteiger partial charge in [-0.1, -0.05) is 24.3 Å². The molecule has 4 N–H and O–H groups in total. The average Bonchev–Trinajstić information content (AvgIpc) is 3.39. The summed E-state index contributed by atoms with van der Waals surface area (Å²) in [6, 6.07) is 14.1. The van der Waals surface area contributed by atoms with E-state index in [1.807, 2.05) is 0 Å². The van der Waals surface area contributed by atoms with Crippen molar-refractivity contribution in [3.63, 3.8) is 0 Å². The molecule has 2 amide bonds. The molecule has 4 atom stereocenters. The molecule has 3 aromatic carbocycles. The largest absolute Gasteiger partial charge is 0.508 e. The van der Waals surface area contributed by atoms with Crippen molar-refractivity contribution in [2.75, 3.05) is 12.0 Å². The molecule has 2 saturated heterocycles. The highest BCUT2D eigenvalue weighted by Gasteiger charge is 2.68. The van der Waals surface area contributed by atoms with E-state index in [0.29, 0.717) is 11.1 Å². The normalized spacial score (nSPS) is 24.0. The number of carbonyl (C=O) groups is 3. The molecule has 2 aliphatic heterocycles. The number of carbonyl (C=O) groups excluding carboxylic acids is 2. The number of imide groups is 1. The van der Waals surface area contributed by atoms with Gasteiger partial charge in [0.1, 0.15) is 11.3 Å². The summed E-state index contributed by atoms with van der Waals surface area (Å²) in [5.74, 6) is -5.60. The van der Waals surface area contributed by atoms with Crippen LogP contribution in [0, 0.1) is 22.0 Å². The number of nitrogens with zero attached hydrogens (tertiary/aromatic N) is 2. The van der Waals surface area contributed by atoms with Crippen LogP contribution in [0.4, 0.5) is 11.4 Å². The first kappa shape index (κ1) is 25.7. The highest BCUT2D eigenvalue weighted by Crippen LogP contribution is 2.51. The number of anilines is 1. The number of hydrogen-bond acceptors (Lipinski definition) is 9. The first-order valence-electron chi connectivity index (χ1n) is 11.9. The van der Waals surface area contributed by atoms with E-state index < -0.39 is 46.1 Å². The van der Waals surface area contributed by atoms with Gasteiger partial charge in [-0.15, -0.1) is 0 Å². The number of nitro benzene ring substituents is 1.